The second-order valence-corrected chi connectivity index (χ2v) is 3.82. The molecule has 1 heterocycles. The molecule has 1 aromatic carbocycles. The van der Waals surface area contributed by atoms with Gasteiger partial charge in [0.25, 0.3) is 0 Å². The highest BCUT2D eigenvalue weighted by Crippen LogP contribution is 2.25. The van der Waals surface area contributed by atoms with E-state index in [4.69, 9.17) is 0 Å². The molecular formula is C15H15NO. The van der Waals surface area contributed by atoms with Crippen molar-refractivity contribution in [2.45, 2.75) is 13.3 Å². The van der Waals surface area contributed by atoms with Gasteiger partial charge in [0.15, 0.2) is 0 Å². The van der Waals surface area contributed by atoms with Crippen LogP contribution in [0.1, 0.15) is 24.5 Å². The van der Waals surface area contributed by atoms with E-state index < -0.39 is 0 Å². The van der Waals surface area contributed by atoms with Crippen LogP contribution in [-0.4, -0.2) is 10.1 Å². The Morgan fingerprint density at radius 1 is 1.18 bits per heavy atom. The molecule has 0 saturated heterocycles. The van der Waals surface area contributed by atoms with Gasteiger partial charge in [-0.05, 0) is 41.8 Å². The van der Waals surface area contributed by atoms with E-state index in [1.807, 2.05) is 36.4 Å². The maximum absolute atomic E-state index is 9.74. The predicted molar refractivity (Wildman–Crippen MR) is 70.5 cm³/mol. The Bertz CT molecular complexity index is 517. The number of hydrogen-bond acceptors (Lipinski definition) is 2. The van der Waals surface area contributed by atoms with E-state index in [9.17, 15) is 5.11 Å². The molecule has 2 aromatic rings. The number of pyridine rings is 1. The van der Waals surface area contributed by atoms with E-state index in [2.05, 4.69) is 11.9 Å². The molecule has 0 unspecified atom stereocenters. The number of aromatic hydroxyl groups is 1. The molecule has 0 bridgehead atoms. The first-order valence-corrected chi connectivity index (χ1v) is 5.70. The summed E-state index contributed by atoms with van der Waals surface area (Å²) in [6, 6.07) is 11.3. The Hall–Kier alpha value is -2.09. The van der Waals surface area contributed by atoms with Crippen LogP contribution in [0.5, 0.6) is 5.75 Å². The van der Waals surface area contributed by atoms with E-state index in [1.165, 1.54) is 5.57 Å². The van der Waals surface area contributed by atoms with Gasteiger partial charge in [0.05, 0.1) is 0 Å². The first-order chi connectivity index (χ1) is 8.31. The third-order valence-corrected chi connectivity index (χ3v) is 2.70. The van der Waals surface area contributed by atoms with Crippen molar-refractivity contribution < 1.29 is 5.11 Å². The number of para-hydroxylation sites is 1. The summed E-state index contributed by atoms with van der Waals surface area (Å²) in [6.07, 6.45) is 6.50. The van der Waals surface area contributed by atoms with Gasteiger partial charge < -0.3 is 5.11 Å². The van der Waals surface area contributed by atoms with Crippen LogP contribution in [0.4, 0.5) is 0 Å². The molecule has 0 radical (unpaired) electrons. The molecule has 0 saturated carbocycles. The van der Waals surface area contributed by atoms with Crippen LogP contribution in [0.3, 0.4) is 0 Å². The van der Waals surface area contributed by atoms with Crippen molar-refractivity contribution in [2.24, 2.45) is 0 Å². The number of hydrogen-bond donors (Lipinski definition) is 1. The summed E-state index contributed by atoms with van der Waals surface area (Å²) in [4.78, 5) is 4.01. The van der Waals surface area contributed by atoms with Crippen molar-refractivity contribution in [1.29, 1.82) is 0 Å². The number of allylic oxidation sites excluding steroid dienone is 1. The van der Waals surface area contributed by atoms with Crippen molar-refractivity contribution in [3.05, 3.63) is 59.9 Å². The van der Waals surface area contributed by atoms with Crippen LogP contribution in [0, 0.1) is 0 Å². The number of phenols is 1. The quantitative estimate of drug-likeness (QED) is 0.863. The summed E-state index contributed by atoms with van der Waals surface area (Å²) in [6.45, 7) is 2.10. The highest BCUT2D eigenvalue weighted by molar-refractivity contribution is 5.82. The van der Waals surface area contributed by atoms with Gasteiger partial charge in [-0.15, -0.1) is 0 Å². The van der Waals surface area contributed by atoms with E-state index in [0.717, 1.165) is 17.5 Å². The zero-order valence-corrected chi connectivity index (χ0v) is 9.80. The van der Waals surface area contributed by atoms with Crippen molar-refractivity contribution in [3.63, 3.8) is 0 Å². The smallest absolute Gasteiger partial charge is 0.122 e. The summed E-state index contributed by atoms with van der Waals surface area (Å²) >= 11 is 0. The second-order valence-electron chi connectivity index (χ2n) is 3.82. The van der Waals surface area contributed by atoms with Gasteiger partial charge >= 0.3 is 0 Å². The van der Waals surface area contributed by atoms with Crippen molar-refractivity contribution >= 4 is 11.6 Å². The Balaban J connectivity index is 2.40. The highest BCUT2D eigenvalue weighted by atomic mass is 16.3. The van der Waals surface area contributed by atoms with Gasteiger partial charge in [-0.2, -0.15) is 0 Å². The summed E-state index contributed by atoms with van der Waals surface area (Å²) in [5, 5.41) is 9.74. The lowest BCUT2D eigenvalue weighted by Crippen LogP contribution is -1.84. The van der Waals surface area contributed by atoms with Crippen LogP contribution < -0.4 is 0 Å². The lowest BCUT2D eigenvalue weighted by molar-refractivity contribution is 0.474. The Kier molecular flexibility index (Phi) is 3.55. The third kappa shape index (κ3) is 2.72. The van der Waals surface area contributed by atoms with Crippen LogP contribution >= 0.6 is 0 Å². The minimum atomic E-state index is 0.313. The largest absolute Gasteiger partial charge is 0.507 e. The van der Waals surface area contributed by atoms with Gasteiger partial charge in [-0.3, -0.25) is 4.98 Å². The predicted octanol–water partition coefficient (Wildman–Crippen LogP) is 3.74. The highest BCUT2D eigenvalue weighted by Gasteiger charge is 2.01. The fraction of sp³-hybridized carbons (Fsp3) is 0.133. The van der Waals surface area contributed by atoms with Gasteiger partial charge in [-0.1, -0.05) is 25.1 Å². The number of phenolic OH excluding ortho intramolecular Hbond substituents is 1. The van der Waals surface area contributed by atoms with Crippen LogP contribution in [0.15, 0.2) is 48.8 Å². The average molecular weight is 225 g/mol. The first kappa shape index (κ1) is 11.4. The molecule has 0 fully saturated rings. The van der Waals surface area contributed by atoms with Crippen molar-refractivity contribution in [3.8, 4) is 5.75 Å². The van der Waals surface area contributed by atoms with Gasteiger partial charge in [0, 0.05) is 18.0 Å². The molecule has 0 atom stereocenters. The van der Waals surface area contributed by atoms with E-state index >= 15 is 0 Å². The average Bonchev–Trinajstić information content (AvgIpc) is 2.39. The molecule has 1 N–H and O–H groups in total. The SMILES string of the molecule is CC/C(=C/c1ccccc1O)c1ccncc1. The molecule has 0 aliphatic rings. The molecular weight excluding hydrogens is 210 g/mol. The summed E-state index contributed by atoms with van der Waals surface area (Å²) < 4.78 is 0. The maximum Gasteiger partial charge on any atom is 0.122 e. The molecule has 86 valence electrons. The zero-order valence-electron chi connectivity index (χ0n) is 9.80. The maximum atomic E-state index is 9.74. The van der Waals surface area contributed by atoms with Crippen LogP contribution in [0.25, 0.3) is 11.6 Å². The van der Waals surface area contributed by atoms with Crippen LogP contribution in [-0.2, 0) is 0 Å². The summed E-state index contributed by atoms with van der Waals surface area (Å²) in [7, 11) is 0. The lowest BCUT2D eigenvalue weighted by Gasteiger charge is -2.05. The number of benzene rings is 1. The lowest BCUT2D eigenvalue weighted by atomic mass is 10.0. The van der Waals surface area contributed by atoms with Gasteiger partial charge in [-0.25, -0.2) is 0 Å². The Morgan fingerprint density at radius 2 is 1.88 bits per heavy atom. The van der Waals surface area contributed by atoms with Crippen molar-refractivity contribution in [1.82, 2.24) is 4.98 Å². The minimum absolute atomic E-state index is 0.313. The first-order valence-electron chi connectivity index (χ1n) is 5.70. The standard InChI is InChI=1S/C15H15NO/c1-2-12(13-7-9-16-10-8-13)11-14-5-3-4-6-15(14)17/h3-11,17H,2H2,1H3/b12-11-. The molecule has 0 aliphatic carbocycles. The summed E-state index contributed by atoms with van der Waals surface area (Å²) in [5.74, 6) is 0.313. The number of rotatable bonds is 3. The Morgan fingerprint density at radius 3 is 2.53 bits per heavy atom. The normalized spacial score (nSPS) is 11.5. The molecule has 0 amide bonds. The second kappa shape index (κ2) is 5.30. The topological polar surface area (TPSA) is 33.1 Å². The monoisotopic (exact) mass is 225 g/mol. The fourth-order valence-corrected chi connectivity index (χ4v) is 1.75. The minimum Gasteiger partial charge on any atom is -0.507 e. The van der Waals surface area contributed by atoms with E-state index in [-0.39, 0.29) is 0 Å². The molecule has 1 aromatic heterocycles. The fourth-order valence-electron chi connectivity index (χ4n) is 1.75. The molecule has 17 heavy (non-hydrogen) atoms. The molecule has 2 rings (SSSR count). The van der Waals surface area contributed by atoms with Gasteiger partial charge in [0.1, 0.15) is 5.75 Å². The molecule has 0 spiro atoms. The van der Waals surface area contributed by atoms with Crippen molar-refractivity contribution in [2.75, 3.05) is 0 Å². The molecule has 0 aliphatic heterocycles. The third-order valence-electron chi connectivity index (χ3n) is 2.70. The number of aromatic nitrogens is 1. The van der Waals surface area contributed by atoms with Gasteiger partial charge in [0.2, 0.25) is 0 Å². The number of nitrogens with zero attached hydrogens (tertiary/aromatic N) is 1. The molecule has 2 nitrogen and oxygen atoms in total. The molecule has 2 heteroatoms. The summed E-state index contributed by atoms with van der Waals surface area (Å²) in [5.41, 5.74) is 3.18. The van der Waals surface area contributed by atoms with E-state index in [0.29, 0.717) is 5.75 Å². The Labute approximate surface area is 101 Å². The van der Waals surface area contributed by atoms with E-state index in [1.54, 1.807) is 18.5 Å². The zero-order chi connectivity index (χ0) is 12.1. The van der Waals surface area contributed by atoms with Crippen LogP contribution in [0.2, 0.25) is 0 Å².